The van der Waals surface area contributed by atoms with Gasteiger partial charge in [-0.2, -0.15) is 0 Å². The minimum Gasteiger partial charge on any atom is -0.0620 e. The van der Waals surface area contributed by atoms with E-state index in [0.717, 1.165) is 6.42 Å². The fourth-order valence-electron chi connectivity index (χ4n) is 2.09. The zero-order chi connectivity index (χ0) is 12.3. The second kappa shape index (κ2) is 5.18. The normalized spacial score (nSPS) is 10.8. The van der Waals surface area contributed by atoms with Crippen molar-refractivity contribution in [2.75, 3.05) is 0 Å². The van der Waals surface area contributed by atoms with Gasteiger partial charge in [0.1, 0.15) is 0 Å². The lowest BCUT2D eigenvalue weighted by Gasteiger charge is -2.09. The van der Waals surface area contributed by atoms with E-state index in [2.05, 4.69) is 69.3 Å². The molecule has 0 saturated carbocycles. The summed E-state index contributed by atoms with van der Waals surface area (Å²) in [4.78, 5) is 0. The number of benzene rings is 2. The summed E-state index contributed by atoms with van der Waals surface area (Å²) in [5.41, 5.74) is 5.64. The molecule has 88 valence electrons. The topological polar surface area (TPSA) is 0 Å². The van der Waals surface area contributed by atoms with Crippen LogP contribution in [0.1, 0.15) is 42.0 Å². The number of rotatable bonds is 3. The van der Waals surface area contributed by atoms with Crippen molar-refractivity contribution in [1.82, 2.24) is 0 Å². The standard InChI is InChI=1S/C17H20/c1-13(2)16-10-6-8-15(11-16)12-17-9-5-4-7-14(17)3/h4-11,13H,12H2,1-3H3. The predicted octanol–water partition coefficient (Wildman–Crippen LogP) is 4.71. The fourth-order valence-corrected chi connectivity index (χ4v) is 2.09. The summed E-state index contributed by atoms with van der Waals surface area (Å²) in [5.74, 6) is 0.604. The molecule has 0 amide bonds. The van der Waals surface area contributed by atoms with Crippen LogP contribution in [0.25, 0.3) is 0 Å². The van der Waals surface area contributed by atoms with Gasteiger partial charge in [-0.3, -0.25) is 0 Å². The third-order valence-corrected chi connectivity index (χ3v) is 3.27. The first-order valence-electron chi connectivity index (χ1n) is 6.30. The molecule has 0 radical (unpaired) electrons. The van der Waals surface area contributed by atoms with Gasteiger partial charge in [-0.25, -0.2) is 0 Å². The first kappa shape index (κ1) is 11.9. The van der Waals surface area contributed by atoms with Gasteiger partial charge >= 0.3 is 0 Å². The highest BCUT2D eigenvalue weighted by atomic mass is 14.1. The number of aryl methyl sites for hydroxylation is 1. The van der Waals surface area contributed by atoms with Crippen molar-refractivity contribution in [3.8, 4) is 0 Å². The highest BCUT2D eigenvalue weighted by Gasteiger charge is 2.02. The van der Waals surface area contributed by atoms with Gasteiger partial charge in [0.15, 0.2) is 0 Å². The average Bonchev–Trinajstić information content (AvgIpc) is 2.32. The zero-order valence-electron chi connectivity index (χ0n) is 10.9. The van der Waals surface area contributed by atoms with Gasteiger partial charge in [-0.1, -0.05) is 62.4 Å². The van der Waals surface area contributed by atoms with Crippen LogP contribution in [0.3, 0.4) is 0 Å². The van der Waals surface area contributed by atoms with E-state index >= 15 is 0 Å². The van der Waals surface area contributed by atoms with Crippen molar-refractivity contribution in [3.63, 3.8) is 0 Å². The molecule has 0 atom stereocenters. The van der Waals surface area contributed by atoms with Crippen LogP contribution in [0.15, 0.2) is 48.5 Å². The maximum atomic E-state index is 2.33. The summed E-state index contributed by atoms with van der Waals surface area (Å²) in [5, 5.41) is 0. The highest BCUT2D eigenvalue weighted by Crippen LogP contribution is 2.19. The molecule has 2 aromatic carbocycles. The zero-order valence-corrected chi connectivity index (χ0v) is 10.9. The highest BCUT2D eigenvalue weighted by molar-refractivity contribution is 5.34. The van der Waals surface area contributed by atoms with Crippen molar-refractivity contribution in [1.29, 1.82) is 0 Å². The van der Waals surface area contributed by atoms with Gasteiger partial charge in [0, 0.05) is 0 Å². The lowest BCUT2D eigenvalue weighted by atomic mass is 9.96. The maximum Gasteiger partial charge on any atom is -0.00230 e. The molecule has 0 aromatic heterocycles. The summed E-state index contributed by atoms with van der Waals surface area (Å²) in [6.45, 7) is 6.67. The van der Waals surface area contributed by atoms with Gasteiger partial charge in [0.25, 0.3) is 0 Å². The molecule has 17 heavy (non-hydrogen) atoms. The van der Waals surface area contributed by atoms with Crippen LogP contribution < -0.4 is 0 Å². The lowest BCUT2D eigenvalue weighted by Crippen LogP contribution is -1.94. The maximum absolute atomic E-state index is 2.33. The van der Waals surface area contributed by atoms with Crippen molar-refractivity contribution in [3.05, 3.63) is 70.8 Å². The fraction of sp³-hybridized carbons (Fsp3) is 0.294. The van der Waals surface area contributed by atoms with Crippen LogP contribution in [-0.2, 0) is 6.42 Å². The quantitative estimate of drug-likeness (QED) is 0.708. The molecule has 0 aliphatic heterocycles. The largest absolute Gasteiger partial charge is 0.0620 e. The molecule has 2 aromatic rings. The van der Waals surface area contributed by atoms with Crippen molar-refractivity contribution in [2.45, 2.75) is 33.1 Å². The van der Waals surface area contributed by atoms with E-state index in [1.54, 1.807) is 0 Å². The van der Waals surface area contributed by atoms with E-state index in [4.69, 9.17) is 0 Å². The number of hydrogen-bond donors (Lipinski definition) is 0. The Labute approximate surface area is 104 Å². The Morgan fingerprint density at radius 3 is 2.41 bits per heavy atom. The van der Waals surface area contributed by atoms with E-state index in [1.165, 1.54) is 22.3 Å². The average molecular weight is 224 g/mol. The second-order valence-electron chi connectivity index (χ2n) is 5.00. The van der Waals surface area contributed by atoms with Crippen molar-refractivity contribution < 1.29 is 0 Å². The van der Waals surface area contributed by atoms with Crippen LogP contribution in [0.2, 0.25) is 0 Å². The molecule has 0 heteroatoms. The molecule has 0 fully saturated rings. The van der Waals surface area contributed by atoms with Gasteiger partial charge in [-0.05, 0) is 41.5 Å². The monoisotopic (exact) mass is 224 g/mol. The summed E-state index contributed by atoms with van der Waals surface area (Å²) in [6, 6.07) is 17.6. The summed E-state index contributed by atoms with van der Waals surface area (Å²) < 4.78 is 0. The Balaban J connectivity index is 2.25. The van der Waals surface area contributed by atoms with Crippen LogP contribution in [0, 0.1) is 6.92 Å². The van der Waals surface area contributed by atoms with E-state index in [-0.39, 0.29) is 0 Å². The van der Waals surface area contributed by atoms with Gasteiger partial charge in [0.05, 0.1) is 0 Å². The van der Waals surface area contributed by atoms with Crippen LogP contribution >= 0.6 is 0 Å². The SMILES string of the molecule is Cc1ccccc1Cc1cccc(C(C)C)c1. The van der Waals surface area contributed by atoms with E-state index < -0.39 is 0 Å². The molecule has 0 aliphatic rings. The van der Waals surface area contributed by atoms with Gasteiger partial charge in [0.2, 0.25) is 0 Å². The first-order valence-corrected chi connectivity index (χ1v) is 6.30. The smallest absolute Gasteiger partial charge is 0.00230 e. The summed E-state index contributed by atoms with van der Waals surface area (Å²) in [7, 11) is 0. The molecule has 0 aliphatic carbocycles. The molecule has 0 saturated heterocycles. The van der Waals surface area contributed by atoms with Gasteiger partial charge in [-0.15, -0.1) is 0 Å². The van der Waals surface area contributed by atoms with Crippen LogP contribution in [-0.4, -0.2) is 0 Å². The first-order chi connectivity index (χ1) is 8.16. The molecule has 2 rings (SSSR count). The van der Waals surface area contributed by atoms with E-state index in [1.807, 2.05) is 0 Å². The third-order valence-electron chi connectivity index (χ3n) is 3.27. The molecule has 0 spiro atoms. The van der Waals surface area contributed by atoms with Crippen molar-refractivity contribution in [2.24, 2.45) is 0 Å². The molecular formula is C17H20. The lowest BCUT2D eigenvalue weighted by molar-refractivity contribution is 0.863. The minimum absolute atomic E-state index is 0.604. The summed E-state index contributed by atoms with van der Waals surface area (Å²) >= 11 is 0. The predicted molar refractivity (Wildman–Crippen MR) is 74.5 cm³/mol. The number of hydrogen-bond acceptors (Lipinski definition) is 0. The Morgan fingerprint density at radius 2 is 1.71 bits per heavy atom. The van der Waals surface area contributed by atoms with E-state index in [9.17, 15) is 0 Å². The molecule has 0 bridgehead atoms. The Morgan fingerprint density at radius 1 is 0.941 bits per heavy atom. The Bertz CT molecular complexity index is 495. The molecule has 0 N–H and O–H groups in total. The second-order valence-corrected chi connectivity index (χ2v) is 5.00. The Hall–Kier alpha value is -1.56. The molecule has 0 unspecified atom stereocenters. The van der Waals surface area contributed by atoms with Crippen LogP contribution in [0.5, 0.6) is 0 Å². The summed E-state index contributed by atoms with van der Waals surface area (Å²) in [6.07, 6.45) is 1.03. The van der Waals surface area contributed by atoms with E-state index in [0.29, 0.717) is 5.92 Å². The Kier molecular flexibility index (Phi) is 3.63. The molecular weight excluding hydrogens is 204 g/mol. The minimum atomic E-state index is 0.604. The third kappa shape index (κ3) is 2.97. The molecule has 0 heterocycles. The van der Waals surface area contributed by atoms with Crippen LogP contribution in [0.4, 0.5) is 0 Å². The van der Waals surface area contributed by atoms with Gasteiger partial charge < -0.3 is 0 Å². The molecule has 0 nitrogen and oxygen atoms in total. The van der Waals surface area contributed by atoms with Crippen molar-refractivity contribution >= 4 is 0 Å².